The molecule has 0 bridgehead atoms. The van der Waals surface area contributed by atoms with Gasteiger partial charge < -0.3 is 15.2 Å². The van der Waals surface area contributed by atoms with Crippen molar-refractivity contribution in [1.82, 2.24) is 18.7 Å². The highest BCUT2D eigenvalue weighted by molar-refractivity contribution is 5.95. The molecule has 0 spiro atoms. The highest BCUT2D eigenvalue weighted by Gasteiger charge is 2.26. The summed E-state index contributed by atoms with van der Waals surface area (Å²) in [5, 5.41) is 0. The molecule has 9 heteroatoms. The fraction of sp³-hybridized carbons (Fsp3) is 0.391. The van der Waals surface area contributed by atoms with E-state index in [9.17, 15) is 14.4 Å². The lowest BCUT2D eigenvalue weighted by atomic mass is 10.1. The van der Waals surface area contributed by atoms with Gasteiger partial charge in [0.15, 0.2) is 16.9 Å². The van der Waals surface area contributed by atoms with E-state index < -0.39 is 11.2 Å². The van der Waals surface area contributed by atoms with Gasteiger partial charge in [-0.25, -0.2) is 4.79 Å². The molecule has 0 radical (unpaired) electrons. The molecular weight excluding hydrogens is 408 g/mol. The summed E-state index contributed by atoms with van der Waals surface area (Å²) in [6, 6.07) is 8.68. The summed E-state index contributed by atoms with van der Waals surface area (Å²) < 4.78 is 4.16. The number of anilines is 1. The van der Waals surface area contributed by atoms with Gasteiger partial charge in [-0.15, -0.1) is 0 Å². The summed E-state index contributed by atoms with van der Waals surface area (Å²) in [6.45, 7) is 3.41. The number of rotatable bonds is 6. The van der Waals surface area contributed by atoms with E-state index in [1.807, 2.05) is 29.7 Å². The van der Waals surface area contributed by atoms with Crippen LogP contribution in [0.25, 0.3) is 11.2 Å². The van der Waals surface area contributed by atoms with Crippen LogP contribution in [0.4, 0.5) is 5.95 Å². The van der Waals surface area contributed by atoms with Crippen LogP contribution in [0, 0.1) is 0 Å². The van der Waals surface area contributed by atoms with Crippen LogP contribution in [-0.4, -0.2) is 43.6 Å². The topological polar surface area (TPSA) is 108 Å². The highest BCUT2D eigenvalue weighted by Crippen LogP contribution is 2.23. The van der Waals surface area contributed by atoms with E-state index >= 15 is 0 Å². The Morgan fingerprint density at radius 1 is 1.22 bits per heavy atom. The molecule has 0 amide bonds. The molecule has 2 aromatic heterocycles. The van der Waals surface area contributed by atoms with Gasteiger partial charge >= 0.3 is 5.69 Å². The molecular formula is C23H28N6O3. The Hall–Kier alpha value is -3.46. The molecule has 1 unspecified atom stereocenters. The van der Waals surface area contributed by atoms with Crippen molar-refractivity contribution in [2.75, 3.05) is 18.0 Å². The minimum atomic E-state index is -0.565. The maximum Gasteiger partial charge on any atom is 0.332 e. The van der Waals surface area contributed by atoms with Gasteiger partial charge in [0, 0.05) is 38.3 Å². The smallest absolute Gasteiger partial charge is 0.332 e. The van der Waals surface area contributed by atoms with E-state index in [4.69, 9.17) is 5.73 Å². The summed E-state index contributed by atoms with van der Waals surface area (Å²) >= 11 is 0. The lowest BCUT2D eigenvalue weighted by molar-refractivity contribution is 0.0969. The van der Waals surface area contributed by atoms with Gasteiger partial charge in [0.1, 0.15) is 0 Å². The van der Waals surface area contributed by atoms with Gasteiger partial charge in [-0.3, -0.25) is 18.7 Å². The number of aryl methyl sites for hydroxylation is 1. The van der Waals surface area contributed by atoms with Crippen molar-refractivity contribution >= 4 is 22.9 Å². The van der Waals surface area contributed by atoms with Crippen molar-refractivity contribution in [2.45, 2.75) is 38.9 Å². The molecule has 1 fully saturated rings. The van der Waals surface area contributed by atoms with Crippen molar-refractivity contribution in [3.63, 3.8) is 0 Å². The Kier molecular flexibility index (Phi) is 6.09. The molecule has 168 valence electrons. The van der Waals surface area contributed by atoms with E-state index in [0.29, 0.717) is 35.8 Å². The van der Waals surface area contributed by atoms with E-state index in [1.165, 1.54) is 4.57 Å². The molecule has 0 aliphatic carbocycles. The number of piperidine rings is 1. The predicted molar refractivity (Wildman–Crippen MR) is 124 cm³/mol. The molecule has 1 aliphatic heterocycles. The summed E-state index contributed by atoms with van der Waals surface area (Å²) in [5.41, 5.74) is 6.16. The Balaban J connectivity index is 1.88. The Morgan fingerprint density at radius 2 is 1.97 bits per heavy atom. The molecule has 0 saturated carbocycles. The van der Waals surface area contributed by atoms with Crippen LogP contribution in [-0.2, 0) is 20.1 Å². The zero-order chi connectivity index (χ0) is 22.8. The molecule has 1 saturated heterocycles. The maximum absolute atomic E-state index is 13.5. The number of imidazole rings is 1. The number of Topliss-reactive ketones (excluding diaryl/α,β-unsaturated/α-hetero) is 1. The number of ketones is 1. The number of hydrogen-bond donors (Lipinski definition) is 1. The first kappa shape index (κ1) is 21.8. The van der Waals surface area contributed by atoms with Crippen LogP contribution in [0.1, 0.15) is 30.1 Å². The monoisotopic (exact) mass is 436 g/mol. The number of allylic oxidation sites excluding steroid dienone is 2. The molecule has 9 nitrogen and oxygen atoms in total. The number of nitrogens with two attached hydrogens (primary N) is 1. The number of aromatic nitrogens is 4. The second-order valence-electron chi connectivity index (χ2n) is 8.13. The van der Waals surface area contributed by atoms with Crippen molar-refractivity contribution in [3.05, 3.63) is 68.9 Å². The van der Waals surface area contributed by atoms with Crippen LogP contribution in [0.2, 0.25) is 0 Å². The number of fused-ring (bicyclic) bond motifs is 1. The fourth-order valence-corrected chi connectivity index (χ4v) is 4.18. The van der Waals surface area contributed by atoms with E-state index in [1.54, 1.807) is 31.3 Å². The summed E-state index contributed by atoms with van der Waals surface area (Å²) in [5.74, 6) is 0.318. The Bertz CT molecular complexity index is 1290. The third kappa shape index (κ3) is 3.91. The summed E-state index contributed by atoms with van der Waals surface area (Å²) in [7, 11) is 1.58. The van der Waals surface area contributed by atoms with Gasteiger partial charge in [0.25, 0.3) is 5.56 Å². The van der Waals surface area contributed by atoms with Crippen molar-refractivity contribution in [3.8, 4) is 0 Å². The Labute approximate surface area is 185 Å². The third-order valence-electron chi connectivity index (χ3n) is 5.87. The molecule has 1 aromatic carbocycles. The highest BCUT2D eigenvalue weighted by atomic mass is 16.2. The number of carbonyl (C=O) groups excluding carboxylic acids is 1. The average molecular weight is 437 g/mol. The summed E-state index contributed by atoms with van der Waals surface area (Å²) in [4.78, 5) is 46.0. The molecule has 3 aromatic rings. The second kappa shape index (κ2) is 8.96. The standard InChI is InChI=1S/C23H28N6O3/c1-3-4-13-28-19-20(25-22(28)27-12-8-11-17(24)14-27)26(2)23(32)29(21(19)31)15-18(30)16-9-6-5-7-10-16/h3-7,9-10,17H,8,11-15,24H2,1-2H3/b4-3-. The van der Waals surface area contributed by atoms with Crippen LogP contribution in [0.3, 0.4) is 0 Å². The van der Waals surface area contributed by atoms with Crippen molar-refractivity contribution in [1.29, 1.82) is 0 Å². The first-order valence-electron chi connectivity index (χ1n) is 10.8. The number of carbonyl (C=O) groups is 1. The van der Waals surface area contributed by atoms with Crippen LogP contribution >= 0.6 is 0 Å². The molecule has 1 atom stereocenters. The lowest BCUT2D eigenvalue weighted by Gasteiger charge is -2.31. The van der Waals surface area contributed by atoms with Gasteiger partial charge in [0.05, 0.1) is 6.54 Å². The van der Waals surface area contributed by atoms with Crippen LogP contribution in [0.15, 0.2) is 52.1 Å². The minimum absolute atomic E-state index is 0.0303. The SMILES string of the molecule is C/C=C\Cn1c(N2CCCC(N)C2)nc2c1c(=O)n(CC(=O)c1ccccc1)c(=O)n2C. The zero-order valence-corrected chi connectivity index (χ0v) is 18.4. The van der Waals surface area contributed by atoms with E-state index in [2.05, 4.69) is 9.88 Å². The first-order chi connectivity index (χ1) is 15.4. The van der Waals surface area contributed by atoms with Gasteiger partial charge in [-0.2, -0.15) is 4.98 Å². The normalized spacial score (nSPS) is 16.8. The molecule has 4 rings (SSSR count). The summed E-state index contributed by atoms with van der Waals surface area (Å²) in [6.07, 6.45) is 5.71. The van der Waals surface area contributed by atoms with Gasteiger partial charge in [-0.05, 0) is 19.8 Å². The van der Waals surface area contributed by atoms with E-state index in [0.717, 1.165) is 24.0 Å². The van der Waals surface area contributed by atoms with Crippen molar-refractivity contribution in [2.24, 2.45) is 12.8 Å². The van der Waals surface area contributed by atoms with Gasteiger partial charge in [0.2, 0.25) is 5.95 Å². The number of hydrogen-bond acceptors (Lipinski definition) is 6. The molecule has 32 heavy (non-hydrogen) atoms. The Morgan fingerprint density at radius 3 is 2.66 bits per heavy atom. The average Bonchev–Trinajstić information content (AvgIpc) is 3.19. The largest absolute Gasteiger partial charge is 0.341 e. The lowest BCUT2D eigenvalue weighted by Crippen LogP contribution is -2.44. The van der Waals surface area contributed by atoms with Crippen LogP contribution in [0.5, 0.6) is 0 Å². The quantitative estimate of drug-likeness (QED) is 0.461. The molecule has 2 N–H and O–H groups in total. The zero-order valence-electron chi connectivity index (χ0n) is 18.4. The third-order valence-corrected chi connectivity index (χ3v) is 5.87. The number of benzene rings is 1. The molecule has 3 heterocycles. The van der Waals surface area contributed by atoms with E-state index in [-0.39, 0.29) is 18.4 Å². The molecule has 1 aliphatic rings. The minimum Gasteiger partial charge on any atom is -0.341 e. The second-order valence-corrected chi connectivity index (χ2v) is 8.13. The number of nitrogens with zero attached hydrogens (tertiary/aromatic N) is 5. The van der Waals surface area contributed by atoms with Crippen LogP contribution < -0.4 is 21.9 Å². The van der Waals surface area contributed by atoms with Gasteiger partial charge in [-0.1, -0.05) is 42.5 Å². The first-order valence-corrected chi connectivity index (χ1v) is 10.8. The maximum atomic E-state index is 13.5. The fourth-order valence-electron chi connectivity index (χ4n) is 4.18. The van der Waals surface area contributed by atoms with Crippen molar-refractivity contribution < 1.29 is 4.79 Å². The predicted octanol–water partition coefficient (Wildman–Crippen LogP) is 1.28.